The molecule has 1 aromatic heterocycles. The van der Waals surface area contributed by atoms with Crippen LogP contribution in [0.2, 0.25) is 0 Å². The van der Waals surface area contributed by atoms with Gasteiger partial charge in [0, 0.05) is 18.0 Å². The lowest BCUT2D eigenvalue weighted by Crippen LogP contribution is -2.48. The maximum Gasteiger partial charge on any atom is 0.431 e. The van der Waals surface area contributed by atoms with E-state index in [-0.39, 0.29) is 42.1 Å². The average Bonchev–Trinajstić information content (AvgIpc) is 3.07. The van der Waals surface area contributed by atoms with Crippen molar-refractivity contribution in [3.05, 3.63) is 41.1 Å². The molecule has 0 unspecified atom stereocenters. The van der Waals surface area contributed by atoms with Gasteiger partial charge in [-0.15, -0.1) is 0 Å². The van der Waals surface area contributed by atoms with Crippen LogP contribution in [0.3, 0.4) is 0 Å². The molecule has 0 fully saturated rings. The topological polar surface area (TPSA) is 57.5 Å². The number of aliphatic hydroxyl groups is 1. The molecular formula is C22H25F4N3O2. The van der Waals surface area contributed by atoms with Gasteiger partial charge in [0.25, 0.3) is 0 Å². The monoisotopic (exact) mass is 439 g/mol. The number of aliphatic hydroxyl groups excluding tert-OH is 1. The first-order chi connectivity index (χ1) is 14.7. The van der Waals surface area contributed by atoms with Crippen molar-refractivity contribution < 1.29 is 27.5 Å². The van der Waals surface area contributed by atoms with Crippen LogP contribution in [-0.2, 0) is 24.2 Å². The zero-order valence-corrected chi connectivity index (χ0v) is 17.3. The van der Waals surface area contributed by atoms with Crippen LogP contribution in [0, 0.1) is 5.92 Å². The predicted molar refractivity (Wildman–Crippen MR) is 109 cm³/mol. The Kier molecular flexibility index (Phi) is 5.59. The van der Waals surface area contributed by atoms with Crippen molar-refractivity contribution in [3.8, 4) is 0 Å². The molecule has 1 aromatic carbocycles. The Morgan fingerprint density at radius 2 is 2.10 bits per heavy atom. The van der Waals surface area contributed by atoms with Gasteiger partial charge in [0.15, 0.2) is 6.80 Å². The lowest BCUT2D eigenvalue weighted by molar-refractivity contribution is -0.144. The van der Waals surface area contributed by atoms with E-state index in [1.54, 1.807) is 19.2 Å². The van der Waals surface area contributed by atoms with E-state index in [4.69, 9.17) is 0 Å². The summed E-state index contributed by atoms with van der Waals surface area (Å²) in [6.45, 7) is 0.778. The highest BCUT2D eigenvalue weighted by atomic mass is 19.4. The molecule has 31 heavy (non-hydrogen) atoms. The van der Waals surface area contributed by atoms with E-state index in [9.17, 15) is 27.5 Å². The third-order valence-corrected chi connectivity index (χ3v) is 6.44. The molecule has 0 saturated heterocycles. The third-order valence-electron chi connectivity index (χ3n) is 6.44. The van der Waals surface area contributed by atoms with Crippen molar-refractivity contribution >= 4 is 22.4 Å². The molecule has 1 aliphatic carbocycles. The number of hydrogen-bond acceptors (Lipinski definition) is 3. The van der Waals surface area contributed by atoms with Crippen LogP contribution in [0.5, 0.6) is 0 Å². The minimum Gasteiger partial charge on any atom is -0.394 e. The SMILES string of the molecule is CC[C@@H](CO)NC(=O)[C@@H]1C=C2c3cccc4c3c(c(C(F)(F)F)n4CF)C[C@H]2N(C)C1. The van der Waals surface area contributed by atoms with Gasteiger partial charge < -0.3 is 15.0 Å². The fourth-order valence-corrected chi connectivity index (χ4v) is 4.90. The van der Waals surface area contributed by atoms with Crippen molar-refractivity contribution in [2.45, 2.75) is 44.8 Å². The molecule has 2 N–H and O–H groups in total. The normalized spacial score (nSPS) is 22.2. The summed E-state index contributed by atoms with van der Waals surface area (Å²) in [7, 11) is 1.78. The van der Waals surface area contributed by atoms with Gasteiger partial charge in [-0.2, -0.15) is 13.2 Å². The van der Waals surface area contributed by atoms with Crippen LogP contribution in [0.15, 0.2) is 24.3 Å². The molecule has 0 saturated carbocycles. The molecule has 0 spiro atoms. The number of halogens is 4. The Morgan fingerprint density at radius 1 is 1.35 bits per heavy atom. The zero-order valence-electron chi connectivity index (χ0n) is 17.3. The molecule has 5 nitrogen and oxygen atoms in total. The number of aromatic nitrogens is 1. The summed E-state index contributed by atoms with van der Waals surface area (Å²) in [5.74, 6) is -0.729. The Balaban J connectivity index is 1.85. The standard InChI is InChI=1S/C22H25F4N3O2/c1-3-13(10-30)27-21(31)12-7-15-14-5-4-6-17-19(14)16(8-18(15)28(2)9-12)20(22(24,25)26)29(17)11-23/h4-7,12-13,18,30H,3,8-11H2,1-2H3,(H,27,31)/t12-,13+,18-/m1/s1. The van der Waals surface area contributed by atoms with Gasteiger partial charge in [-0.05, 0) is 42.7 Å². The van der Waals surface area contributed by atoms with Crippen LogP contribution < -0.4 is 5.32 Å². The van der Waals surface area contributed by atoms with Crippen molar-refractivity contribution in [1.29, 1.82) is 0 Å². The molecule has 2 heterocycles. The fourth-order valence-electron chi connectivity index (χ4n) is 4.90. The van der Waals surface area contributed by atoms with Crippen LogP contribution in [0.4, 0.5) is 17.6 Å². The molecule has 1 aliphatic heterocycles. The van der Waals surface area contributed by atoms with E-state index in [1.807, 2.05) is 17.9 Å². The number of carbonyl (C=O) groups is 1. The Hall–Kier alpha value is -2.39. The number of alkyl halides is 4. The van der Waals surface area contributed by atoms with Gasteiger partial charge in [-0.3, -0.25) is 9.69 Å². The minimum atomic E-state index is -4.67. The predicted octanol–water partition coefficient (Wildman–Crippen LogP) is 3.34. The molecule has 168 valence electrons. The Morgan fingerprint density at radius 3 is 2.71 bits per heavy atom. The highest BCUT2D eigenvalue weighted by Crippen LogP contribution is 2.47. The number of fused-ring (bicyclic) bond motifs is 2. The Labute approximate surface area is 177 Å². The summed E-state index contributed by atoms with van der Waals surface area (Å²) in [5, 5.41) is 12.6. The molecule has 0 bridgehead atoms. The molecule has 3 atom stereocenters. The van der Waals surface area contributed by atoms with Crippen LogP contribution in [-0.4, -0.2) is 52.8 Å². The second-order valence-electron chi connectivity index (χ2n) is 8.26. The second-order valence-corrected chi connectivity index (χ2v) is 8.26. The van der Waals surface area contributed by atoms with E-state index in [2.05, 4.69) is 5.32 Å². The highest BCUT2D eigenvalue weighted by molar-refractivity contribution is 6.00. The summed E-state index contributed by atoms with van der Waals surface area (Å²) in [6, 6.07) is 4.19. The number of benzene rings is 1. The van der Waals surface area contributed by atoms with Gasteiger partial charge in [0.1, 0.15) is 5.69 Å². The molecule has 2 aromatic rings. The number of carbonyl (C=O) groups excluding carboxylic acids is 1. The summed E-state index contributed by atoms with van der Waals surface area (Å²) < 4.78 is 56.0. The first-order valence-corrected chi connectivity index (χ1v) is 10.3. The Bertz CT molecular complexity index is 1040. The van der Waals surface area contributed by atoms with Gasteiger partial charge in [-0.25, -0.2) is 4.39 Å². The second kappa shape index (κ2) is 7.94. The number of nitrogens with zero attached hydrogens (tertiary/aromatic N) is 2. The lowest BCUT2D eigenvalue weighted by atomic mass is 9.79. The van der Waals surface area contributed by atoms with Crippen molar-refractivity contribution in [2.75, 3.05) is 20.2 Å². The highest BCUT2D eigenvalue weighted by Gasteiger charge is 2.44. The summed E-state index contributed by atoms with van der Waals surface area (Å²) in [4.78, 5) is 14.7. The smallest absolute Gasteiger partial charge is 0.394 e. The quantitative estimate of drug-likeness (QED) is 0.703. The van der Waals surface area contributed by atoms with E-state index < -0.39 is 24.6 Å². The fraction of sp³-hybridized carbons (Fsp3) is 0.500. The van der Waals surface area contributed by atoms with Crippen molar-refractivity contribution in [1.82, 2.24) is 14.8 Å². The van der Waals surface area contributed by atoms with Gasteiger partial charge in [0.2, 0.25) is 5.91 Å². The van der Waals surface area contributed by atoms with E-state index in [1.165, 1.54) is 6.07 Å². The van der Waals surface area contributed by atoms with Gasteiger partial charge >= 0.3 is 6.18 Å². The molecule has 4 rings (SSSR count). The first-order valence-electron chi connectivity index (χ1n) is 10.3. The summed E-state index contributed by atoms with van der Waals surface area (Å²) in [5.41, 5.74) is 0.786. The van der Waals surface area contributed by atoms with Gasteiger partial charge in [0.05, 0.1) is 24.1 Å². The molecule has 1 amide bonds. The number of nitrogens with one attached hydrogen (secondary N) is 1. The number of amides is 1. The summed E-state index contributed by atoms with van der Waals surface area (Å²) >= 11 is 0. The minimum absolute atomic E-state index is 0.0975. The van der Waals surface area contributed by atoms with E-state index in [0.717, 1.165) is 5.57 Å². The number of hydrogen-bond donors (Lipinski definition) is 2. The molecule has 0 radical (unpaired) electrons. The van der Waals surface area contributed by atoms with E-state index in [0.29, 0.717) is 28.5 Å². The lowest BCUT2D eigenvalue weighted by Gasteiger charge is -2.40. The molecule has 2 aliphatic rings. The van der Waals surface area contributed by atoms with Crippen LogP contribution in [0.1, 0.15) is 30.2 Å². The zero-order chi connectivity index (χ0) is 22.5. The first kappa shape index (κ1) is 21.8. The molecular weight excluding hydrogens is 414 g/mol. The number of rotatable bonds is 5. The summed E-state index contributed by atoms with van der Waals surface area (Å²) in [6.07, 6.45) is -2.17. The molecule has 9 heteroatoms. The van der Waals surface area contributed by atoms with E-state index >= 15 is 0 Å². The maximum absolute atomic E-state index is 13.9. The third kappa shape index (κ3) is 3.53. The van der Waals surface area contributed by atoms with Crippen molar-refractivity contribution in [2.24, 2.45) is 5.92 Å². The van der Waals surface area contributed by atoms with Crippen LogP contribution in [0.25, 0.3) is 16.5 Å². The van der Waals surface area contributed by atoms with Crippen molar-refractivity contribution in [3.63, 3.8) is 0 Å². The largest absolute Gasteiger partial charge is 0.431 e. The van der Waals surface area contributed by atoms with Crippen LogP contribution >= 0.6 is 0 Å². The number of likely N-dealkylation sites (N-methyl/N-ethyl adjacent to an activating group) is 1. The average molecular weight is 439 g/mol. The maximum atomic E-state index is 13.9. The van der Waals surface area contributed by atoms with Gasteiger partial charge in [-0.1, -0.05) is 25.1 Å².